The van der Waals surface area contributed by atoms with Crippen LogP contribution in [0.15, 0.2) is 48.5 Å². The Hall–Kier alpha value is -3.46. The molecule has 160 valence electrons. The van der Waals surface area contributed by atoms with Gasteiger partial charge in [-0.05, 0) is 32.8 Å². The molecule has 0 unspecified atom stereocenters. The van der Waals surface area contributed by atoms with Crippen LogP contribution >= 0.6 is 0 Å². The number of benzene rings is 2. The normalized spacial score (nSPS) is 15.9. The zero-order valence-electron chi connectivity index (χ0n) is 17.8. The maximum absolute atomic E-state index is 12.9. The van der Waals surface area contributed by atoms with Gasteiger partial charge in [-0.3, -0.25) is 9.59 Å². The number of carbonyl (C=O) groups excluding carboxylic acids is 3. The third-order valence-corrected chi connectivity index (χ3v) is 5.64. The van der Waals surface area contributed by atoms with E-state index in [2.05, 4.69) is 11.4 Å². The first kappa shape index (κ1) is 22.2. The van der Waals surface area contributed by atoms with E-state index in [1.165, 1.54) is 13.0 Å². The second-order valence-corrected chi connectivity index (χ2v) is 8.03. The third kappa shape index (κ3) is 5.18. The highest BCUT2D eigenvalue weighted by Gasteiger charge is 2.35. The van der Waals surface area contributed by atoms with Crippen molar-refractivity contribution in [1.29, 1.82) is 5.26 Å². The first-order valence-electron chi connectivity index (χ1n) is 10.5. The van der Waals surface area contributed by atoms with Crippen molar-refractivity contribution >= 4 is 17.7 Å². The van der Waals surface area contributed by atoms with Crippen LogP contribution in [0.1, 0.15) is 70.9 Å². The number of carbonyl (C=O) groups is 3. The SMILES string of the molecule is Cc1ccc(C(=O)c2ccccc2C(=O)O[C@@H](C)C(=O)NC2(C#N)CCCCC2)cc1. The molecular formula is C25H26N2O4. The standard InChI is InChI=1S/C25H26N2O4/c1-17-10-12-19(13-11-17)22(28)20-8-4-5-9-21(20)24(30)31-18(2)23(29)27-25(16-26)14-6-3-7-15-25/h4-5,8-13,18H,3,6-7,14-15H2,1-2H3,(H,27,29)/t18-/m0/s1. The van der Waals surface area contributed by atoms with Crippen molar-refractivity contribution in [3.05, 3.63) is 70.8 Å². The monoisotopic (exact) mass is 418 g/mol. The van der Waals surface area contributed by atoms with Crippen molar-refractivity contribution in [1.82, 2.24) is 5.32 Å². The zero-order valence-corrected chi connectivity index (χ0v) is 17.8. The molecule has 0 heterocycles. The van der Waals surface area contributed by atoms with Crippen LogP contribution in [0.25, 0.3) is 0 Å². The largest absolute Gasteiger partial charge is 0.449 e. The van der Waals surface area contributed by atoms with E-state index in [1.807, 2.05) is 19.1 Å². The summed E-state index contributed by atoms with van der Waals surface area (Å²) in [5.74, 6) is -1.57. The van der Waals surface area contributed by atoms with Gasteiger partial charge < -0.3 is 10.1 Å². The number of nitrogens with one attached hydrogen (secondary N) is 1. The van der Waals surface area contributed by atoms with E-state index in [0.717, 1.165) is 24.8 Å². The maximum atomic E-state index is 12.9. The lowest BCUT2D eigenvalue weighted by molar-refractivity contribution is -0.130. The fourth-order valence-corrected chi connectivity index (χ4v) is 3.75. The number of amides is 1. The number of aryl methyl sites for hydroxylation is 1. The molecule has 1 saturated carbocycles. The number of hydrogen-bond acceptors (Lipinski definition) is 5. The lowest BCUT2D eigenvalue weighted by Crippen LogP contribution is -2.52. The summed E-state index contributed by atoms with van der Waals surface area (Å²) in [7, 11) is 0. The van der Waals surface area contributed by atoms with E-state index in [1.54, 1.807) is 30.3 Å². The number of esters is 1. The third-order valence-electron chi connectivity index (χ3n) is 5.64. The van der Waals surface area contributed by atoms with Gasteiger partial charge in [0.25, 0.3) is 5.91 Å². The molecule has 0 aliphatic heterocycles. The maximum Gasteiger partial charge on any atom is 0.339 e. The molecule has 0 bridgehead atoms. The van der Waals surface area contributed by atoms with Gasteiger partial charge in [-0.1, -0.05) is 67.3 Å². The van der Waals surface area contributed by atoms with Gasteiger partial charge in [-0.15, -0.1) is 0 Å². The highest BCUT2D eigenvalue weighted by atomic mass is 16.5. The number of rotatable bonds is 6. The van der Waals surface area contributed by atoms with E-state index >= 15 is 0 Å². The molecule has 1 amide bonds. The Labute approximate surface area is 182 Å². The molecule has 1 fully saturated rings. The van der Waals surface area contributed by atoms with Gasteiger partial charge in [0.15, 0.2) is 11.9 Å². The predicted molar refractivity (Wildman–Crippen MR) is 116 cm³/mol. The van der Waals surface area contributed by atoms with E-state index in [-0.39, 0.29) is 16.9 Å². The number of ether oxygens (including phenoxy) is 1. The average Bonchev–Trinajstić information content (AvgIpc) is 2.79. The Morgan fingerprint density at radius 1 is 1.00 bits per heavy atom. The topological polar surface area (TPSA) is 96.3 Å². The van der Waals surface area contributed by atoms with Crippen molar-refractivity contribution in [3.8, 4) is 6.07 Å². The summed E-state index contributed by atoms with van der Waals surface area (Å²) in [6.45, 7) is 3.39. The Morgan fingerprint density at radius 3 is 2.23 bits per heavy atom. The predicted octanol–water partition coefficient (Wildman–Crippen LogP) is 4.11. The number of nitrogens with zero attached hydrogens (tertiary/aromatic N) is 1. The van der Waals surface area contributed by atoms with Crippen LogP contribution in [-0.4, -0.2) is 29.3 Å². The van der Waals surface area contributed by atoms with E-state index in [4.69, 9.17) is 4.74 Å². The van der Waals surface area contributed by atoms with Gasteiger partial charge in [0.05, 0.1) is 11.6 Å². The van der Waals surface area contributed by atoms with Crippen molar-refractivity contribution in [2.75, 3.05) is 0 Å². The number of ketones is 1. The van der Waals surface area contributed by atoms with E-state index < -0.39 is 23.5 Å². The second kappa shape index (κ2) is 9.57. The molecule has 2 aromatic rings. The number of nitriles is 1. The summed E-state index contributed by atoms with van der Waals surface area (Å²) < 4.78 is 5.36. The minimum absolute atomic E-state index is 0.0976. The fraction of sp³-hybridized carbons (Fsp3) is 0.360. The smallest absolute Gasteiger partial charge is 0.339 e. The Balaban J connectivity index is 1.73. The molecule has 3 rings (SSSR count). The van der Waals surface area contributed by atoms with Gasteiger partial charge in [-0.25, -0.2) is 4.79 Å². The molecule has 1 N–H and O–H groups in total. The molecule has 1 aliphatic carbocycles. The van der Waals surface area contributed by atoms with E-state index in [0.29, 0.717) is 18.4 Å². The lowest BCUT2D eigenvalue weighted by atomic mass is 9.83. The van der Waals surface area contributed by atoms with Crippen LogP contribution in [0.5, 0.6) is 0 Å². The molecule has 31 heavy (non-hydrogen) atoms. The van der Waals surface area contributed by atoms with Crippen LogP contribution in [0.2, 0.25) is 0 Å². The van der Waals surface area contributed by atoms with Crippen molar-refractivity contribution in [3.63, 3.8) is 0 Å². The molecule has 2 aromatic carbocycles. The van der Waals surface area contributed by atoms with Gasteiger partial charge in [0.2, 0.25) is 0 Å². The summed E-state index contributed by atoms with van der Waals surface area (Å²) in [6.07, 6.45) is 2.86. The molecule has 1 atom stereocenters. The first-order valence-corrected chi connectivity index (χ1v) is 10.5. The molecule has 1 aliphatic rings. The quantitative estimate of drug-likeness (QED) is 0.562. The van der Waals surface area contributed by atoms with Gasteiger partial charge in [0.1, 0.15) is 5.54 Å². The summed E-state index contributed by atoms with van der Waals surface area (Å²) in [4.78, 5) is 38.3. The van der Waals surface area contributed by atoms with Crippen LogP contribution in [-0.2, 0) is 9.53 Å². The summed E-state index contributed by atoms with van der Waals surface area (Å²) in [5.41, 5.74) is 0.891. The summed E-state index contributed by atoms with van der Waals surface area (Å²) in [5, 5.41) is 12.3. The molecule has 6 heteroatoms. The van der Waals surface area contributed by atoms with Gasteiger partial charge in [0, 0.05) is 11.1 Å². The Kier molecular flexibility index (Phi) is 6.86. The zero-order chi connectivity index (χ0) is 22.4. The van der Waals surface area contributed by atoms with E-state index in [9.17, 15) is 19.6 Å². The molecule has 0 spiro atoms. The van der Waals surface area contributed by atoms with Crippen molar-refractivity contribution < 1.29 is 19.1 Å². The highest BCUT2D eigenvalue weighted by molar-refractivity contribution is 6.14. The van der Waals surface area contributed by atoms with Crippen LogP contribution in [0, 0.1) is 18.3 Å². The summed E-state index contributed by atoms with van der Waals surface area (Å²) in [6, 6.07) is 15.7. The molecule has 0 radical (unpaired) electrons. The highest BCUT2D eigenvalue weighted by Crippen LogP contribution is 2.27. The fourth-order valence-electron chi connectivity index (χ4n) is 3.75. The van der Waals surface area contributed by atoms with Crippen LogP contribution in [0.3, 0.4) is 0 Å². The second-order valence-electron chi connectivity index (χ2n) is 8.03. The minimum Gasteiger partial charge on any atom is -0.449 e. The Morgan fingerprint density at radius 2 is 1.61 bits per heavy atom. The molecule has 6 nitrogen and oxygen atoms in total. The molecule has 0 saturated heterocycles. The first-order chi connectivity index (χ1) is 14.8. The Bertz CT molecular complexity index is 1010. The van der Waals surface area contributed by atoms with Gasteiger partial charge in [-0.2, -0.15) is 5.26 Å². The minimum atomic E-state index is -1.10. The molecule has 0 aromatic heterocycles. The van der Waals surface area contributed by atoms with Gasteiger partial charge >= 0.3 is 5.97 Å². The molecular weight excluding hydrogens is 392 g/mol. The van der Waals surface area contributed by atoms with Crippen molar-refractivity contribution in [2.45, 2.75) is 57.6 Å². The lowest BCUT2D eigenvalue weighted by Gasteiger charge is -2.32. The number of hydrogen-bond donors (Lipinski definition) is 1. The van der Waals surface area contributed by atoms with Crippen LogP contribution < -0.4 is 5.32 Å². The summed E-state index contributed by atoms with van der Waals surface area (Å²) >= 11 is 0. The van der Waals surface area contributed by atoms with Crippen molar-refractivity contribution in [2.24, 2.45) is 0 Å². The average molecular weight is 418 g/mol. The van der Waals surface area contributed by atoms with Crippen LogP contribution in [0.4, 0.5) is 0 Å².